The number of rotatable bonds is 1. The van der Waals surface area contributed by atoms with Crippen LogP contribution in [-0.4, -0.2) is 14.9 Å². The molecule has 12 heavy (non-hydrogen) atoms. The Morgan fingerprint density at radius 1 is 1.50 bits per heavy atom. The molecular weight excluding hydrogens is 172 g/mol. The second-order valence-corrected chi connectivity index (χ2v) is 3.79. The minimum atomic E-state index is 0.195. The largest absolute Gasteiger partial charge is 0.505 e. The number of aromatic hydroxyl groups is 1. The first-order valence-corrected chi connectivity index (χ1v) is 4.38. The number of thiophene rings is 1. The van der Waals surface area contributed by atoms with Gasteiger partial charge in [-0.2, -0.15) is 5.10 Å². The molecule has 0 radical (unpaired) electrons. The van der Waals surface area contributed by atoms with E-state index in [2.05, 4.69) is 5.10 Å². The second kappa shape index (κ2) is 2.64. The van der Waals surface area contributed by atoms with Gasteiger partial charge in [-0.1, -0.05) is 0 Å². The molecular formula is C8H8N2OS. The van der Waals surface area contributed by atoms with Gasteiger partial charge in [0.15, 0.2) is 5.75 Å². The van der Waals surface area contributed by atoms with Crippen LogP contribution in [0.25, 0.3) is 5.00 Å². The summed E-state index contributed by atoms with van der Waals surface area (Å²) in [6, 6.07) is 4.01. The Morgan fingerprint density at radius 3 is 2.83 bits per heavy atom. The van der Waals surface area contributed by atoms with E-state index in [1.807, 2.05) is 19.1 Å². The van der Waals surface area contributed by atoms with Crippen LogP contribution in [0.4, 0.5) is 0 Å². The molecule has 2 aromatic heterocycles. The fraction of sp³-hybridized carbons (Fsp3) is 0.125. The Kier molecular flexibility index (Phi) is 1.62. The summed E-state index contributed by atoms with van der Waals surface area (Å²) in [5.41, 5.74) is 0. The summed E-state index contributed by atoms with van der Waals surface area (Å²) in [4.78, 5) is 1.24. The van der Waals surface area contributed by atoms with Crippen molar-refractivity contribution in [1.82, 2.24) is 9.78 Å². The molecule has 0 saturated heterocycles. The maximum absolute atomic E-state index is 9.04. The second-order valence-electron chi connectivity index (χ2n) is 2.53. The summed E-state index contributed by atoms with van der Waals surface area (Å²) in [5.74, 6) is 0.195. The Bertz CT molecular complexity index is 353. The molecule has 0 fully saturated rings. The van der Waals surface area contributed by atoms with E-state index in [9.17, 15) is 0 Å². The third-order valence-corrected chi connectivity index (χ3v) is 2.51. The number of aromatic nitrogens is 2. The Morgan fingerprint density at radius 2 is 2.33 bits per heavy atom. The minimum Gasteiger partial charge on any atom is -0.505 e. The molecule has 0 unspecified atom stereocenters. The van der Waals surface area contributed by atoms with Crippen LogP contribution in [0.2, 0.25) is 0 Å². The lowest BCUT2D eigenvalue weighted by Crippen LogP contribution is -1.88. The third kappa shape index (κ3) is 1.21. The number of hydrogen-bond acceptors (Lipinski definition) is 3. The zero-order valence-corrected chi connectivity index (χ0v) is 7.38. The maximum atomic E-state index is 9.04. The minimum absolute atomic E-state index is 0.195. The smallest absolute Gasteiger partial charge is 0.153 e. The van der Waals surface area contributed by atoms with Crippen molar-refractivity contribution in [2.75, 3.05) is 0 Å². The summed E-state index contributed by atoms with van der Waals surface area (Å²) < 4.78 is 1.66. The topological polar surface area (TPSA) is 38.0 Å². The first kappa shape index (κ1) is 7.36. The summed E-state index contributed by atoms with van der Waals surface area (Å²) in [7, 11) is 0. The van der Waals surface area contributed by atoms with Crippen LogP contribution in [-0.2, 0) is 0 Å². The highest BCUT2D eigenvalue weighted by molar-refractivity contribution is 7.14. The number of aryl methyl sites for hydroxylation is 1. The van der Waals surface area contributed by atoms with Gasteiger partial charge in [-0.25, -0.2) is 4.68 Å². The van der Waals surface area contributed by atoms with Gasteiger partial charge in [0, 0.05) is 4.88 Å². The average Bonchev–Trinajstić information content (AvgIpc) is 2.58. The molecule has 0 amide bonds. The van der Waals surface area contributed by atoms with Crippen LogP contribution in [0, 0.1) is 6.92 Å². The molecule has 0 aliphatic heterocycles. The van der Waals surface area contributed by atoms with Crippen molar-refractivity contribution in [2.24, 2.45) is 0 Å². The molecule has 0 bridgehead atoms. The van der Waals surface area contributed by atoms with Crippen molar-refractivity contribution >= 4 is 11.3 Å². The van der Waals surface area contributed by atoms with Gasteiger partial charge >= 0.3 is 0 Å². The van der Waals surface area contributed by atoms with Gasteiger partial charge in [0.2, 0.25) is 0 Å². The van der Waals surface area contributed by atoms with E-state index in [0.717, 1.165) is 5.00 Å². The summed E-state index contributed by atoms with van der Waals surface area (Å²) in [6.45, 7) is 2.04. The molecule has 2 rings (SSSR count). The van der Waals surface area contributed by atoms with Gasteiger partial charge < -0.3 is 5.11 Å². The van der Waals surface area contributed by atoms with E-state index in [4.69, 9.17) is 5.11 Å². The van der Waals surface area contributed by atoms with E-state index in [1.54, 1.807) is 22.2 Å². The summed E-state index contributed by atoms with van der Waals surface area (Å²) in [6.07, 6.45) is 3.01. The predicted octanol–water partition coefficient (Wildman–Crippen LogP) is 1.95. The van der Waals surface area contributed by atoms with E-state index >= 15 is 0 Å². The van der Waals surface area contributed by atoms with Gasteiger partial charge in [-0.3, -0.25) is 0 Å². The van der Waals surface area contributed by atoms with Crippen LogP contribution < -0.4 is 0 Å². The zero-order chi connectivity index (χ0) is 8.55. The van der Waals surface area contributed by atoms with E-state index < -0.39 is 0 Å². The highest BCUT2D eigenvalue weighted by Crippen LogP contribution is 2.20. The van der Waals surface area contributed by atoms with Crippen molar-refractivity contribution in [3.8, 4) is 10.8 Å². The molecule has 3 nitrogen and oxygen atoms in total. The van der Waals surface area contributed by atoms with Crippen LogP contribution in [0.3, 0.4) is 0 Å². The molecule has 2 aromatic rings. The number of nitrogens with zero attached hydrogens (tertiary/aromatic N) is 2. The van der Waals surface area contributed by atoms with Crippen molar-refractivity contribution in [1.29, 1.82) is 0 Å². The fourth-order valence-electron chi connectivity index (χ4n) is 0.979. The highest BCUT2D eigenvalue weighted by atomic mass is 32.1. The molecule has 2 heterocycles. The first-order chi connectivity index (χ1) is 5.75. The quantitative estimate of drug-likeness (QED) is 0.728. The van der Waals surface area contributed by atoms with E-state index in [1.165, 1.54) is 11.1 Å². The zero-order valence-electron chi connectivity index (χ0n) is 6.56. The molecule has 1 N–H and O–H groups in total. The van der Waals surface area contributed by atoms with E-state index in [-0.39, 0.29) is 5.75 Å². The maximum Gasteiger partial charge on any atom is 0.153 e. The Balaban J connectivity index is 2.43. The highest BCUT2D eigenvalue weighted by Gasteiger charge is 2.00. The van der Waals surface area contributed by atoms with Crippen molar-refractivity contribution in [3.05, 3.63) is 29.4 Å². The normalized spacial score (nSPS) is 10.4. The van der Waals surface area contributed by atoms with Crippen molar-refractivity contribution < 1.29 is 5.11 Å². The SMILES string of the molecule is Cc1ccc(-n2cc(O)cn2)s1. The molecule has 4 heteroatoms. The molecule has 62 valence electrons. The lowest BCUT2D eigenvalue weighted by atomic mass is 10.5. The van der Waals surface area contributed by atoms with Crippen LogP contribution >= 0.6 is 11.3 Å². The van der Waals surface area contributed by atoms with Crippen molar-refractivity contribution in [3.63, 3.8) is 0 Å². The molecule has 0 atom stereocenters. The van der Waals surface area contributed by atoms with Crippen LogP contribution in [0.5, 0.6) is 5.75 Å². The van der Waals surface area contributed by atoms with Gasteiger partial charge in [-0.05, 0) is 19.1 Å². The molecule has 0 saturated carbocycles. The first-order valence-electron chi connectivity index (χ1n) is 3.56. The monoisotopic (exact) mass is 180 g/mol. The molecule has 0 aliphatic carbocycles. The third-order valence-electron chi connectivity index (χ3n) is 1.52. The average molecular weight is 180 g/mol. The molecule has 0 aliphatic rings. The fourth-order valence-corrected chi connectivity index (χ4v) is 1.77. The standard InChI is InChI=1S/C8H8N2OS/c1-6-2-3-8(12-6)10-5-7(11)4-9-10/h2-5,11H,1H3. The molecule has 0 aromatic carbocycles. The van der Waals surface area contributed by atoms with Gasteiger partial charge in [0.05, 0.1) is 12.4 Å². The van der Waals surface area contributed by atoms with E-state index in [0.29, 0.717) is 0 Å². The Labute approximate surface area is 73.9 Å². The van der Waals surface area contributed by atoms with Gasteiger partial charge in [0.1, 0.15) is 5.00 Å². The number of hydrogen-bond donors (Lipinski definition) is 1. The van der Waals surface area contributed by atoms with Crippen LogP contribution in [0.15, 0.2) is 24.5 Å². The van der Waals surface area contributed by atoms with Crippen molar-refractivity contribution in [2.45, 2.75) is 6.92 Å². The molecule has 0 spiro atoms. The lowest BCUT2D eigenvalue weighted by Gasteiger charge is -1.92. The lowest BCUT2D eigenvalue weighted by molar-refractivity contribution is 0.475. The summed E-state index contributed by atoms with van der Waals surface area (Å²) in [5, 5.41) is 14.0. The Hall–Kier alpha value is -1.29. The summed E-state index contributed by atoms with van der Waals surface area (Å²) >= 11 is 1.64. The van der Waals surface area contributed by atoms with Gasteiger partial charge in [-0.15, -0.1) is 11.3 Å². The predicted molar refractivity (Wildman–Crippen MR) is 47.8 cm³/mol. The van der Waals surface area contributed by atoms with Crippen LogP contribution in [0.1, 0.15) is 4.88 Å². The van der Waals surface area contributed by atoms with Gasteiger partial charge in [0.25, 0.3) is 0 Å².